The molecule has 0 saturated heterocycles. The third-order valence-corrected chi connectivity index (χ3v) is 4.84. The first-order valence-corrected chi connectivity index (χ1v) is 8.85. The number of hydrogen-bond donors (Lipinski definition) is 2. The molecule has 25 heavy (non-hydrogen) atoms. The zero-order valence-corrected chi connectivity index (χ0v) is 13.9. The van der Waals surface area contributed by atoms with Gasteiger partial charge < -0.3 is 5.11 Å². The van der Waals surface area contributed by atoms with E-state index in [1.807, 2.05) is 13.0 Å². The van der Waals surface area contributed by atoms with E-state index in [1.165, 1.54) is 6.07 Å². The number of aromatic nitrogens is 3. The highest BCUT2D eigenvalue weighted by atomic mass is 32.2. The van der Waals surface area contributed by atoms with E-state index in [4.69, 9.17) is 0 Å². The Labute approximate surface area is 142 Å². The molecule has 3 aromatic carbocycles. The van der Waals surface area contributed by atoms with E-state index in [0.717, 1.165) is 10.4 Å². The Balaban J connectivity index is 2.12. The van der Waals surface area contributed by atoms with Gasteiger partial charge >= 0.3 is 0 Å². The molecule has 0 aliphatic rings. The number of aryl methyl sites for hydroxylation is 1. The minimum absolute atomic E-state index is 0.185. The van der Waals surface area contributed by atoms with Crippen LogP contribution in [0.15, 0.2) is 53.4 Å². The number of nitrogens with zero attached hydrogens (tertiary/aromatic N) is 3. The zero-order valence-electron chi connectivity index (χ0n) is 13.1. The molecule has 1 aromatic heterocycles. The van der Waals surface area contributed by atoms with Gasteiger partial charge in [-0.05, 0) is 36.1 Å². The normalized spacial score (nSPS) is 12.1. The van der Waals surface area contributed by atoms with Crippen LogP contribution in [-0.4, -0.2) is 33.1 Å². The molecule has 0 spiro atoms. The fraction of sp³-hybridized carbons (Fsp3) is 0.0588. The molecular weight excluding hydrogens is 342 g/mol. The Kier molecular flexibility index (Phi) is 3.28. The number of hydrogen-bond acceptors (Lipinski definition) is 5. The number of phenols is 1. The van der Waals surface area contributed by atoms with Gasteiger partial charge in [0.2, 0.25) is 0 Å². The van der Waals surface area contributed by atoms with Crippen LogP contribution in [0.25, 0.3) is 27.5 Å². The van der Waals surface area contributed by atoms with Crippen molar-refractivity contribution in [2.24, 2.45) is 0 Å². The first kappa shape index (κ1) is 15.6. The number of fused-ring (bicyclic) bond motifs is 2. The average molecular weight is 355 g/mol. The van der Waals surface area contributed by atoms with Crippen molar-refractivity contribution in [1.29, 1.82) is 0 Å². The quantitative estimate of drug-likeness (QED) is 0.536. The molecular formula is C17H13N3O4S. The van der Waals surface area contributed by atoms with Gasteiger partial charge in [0.1, 0.15) is 21.6 Å². The summed E-state index contributed by atoms with van der Waals surface area (Å²) in [6, 6.07) is 13.4. The minimum atomic E-state index is -4.60. The van der Waals surface area contributed by atoms with E-state index in [0.29, 0.717) is 21.8 Å². The third-order valence-electron chi connectivity index (χ3n) is 3.97. The summed E-state index contributed by atoms with van der Waals surface area (Å²) in [5.41, 5.74) is 1.88. The minimum Gasteiger partial charge on any atom is -0.505 e. The van der Waals surface area contributed by atoms with Gasteiger partial charge in [0, 0.05) is 5.39 Å². The average Bonchev–Trinajstić information content (AvgIpc) is 2.96. The van der Waals surface area contributed by atoms with Gasteiger partial charge in [-0.2, -0.15) is 8.42 Å². The summed E-state index contributed by atoms with van der Waals surface area (Å²) in [6.45, 7) is 1.90. The van der Waals surface area contributed by atoms with Crippen LogP contribution < -0.4 is 0 Å². The first-order chi connectivity index (χ1) is 11.8. The van der Waals surface area contributed by atoms with Crippen molar-refractivity contribution in [2.45, 2.75) is 11.8 Å². The zero-order chi connectivity index (χ0) is 17.8. The van der Waals surface area contributed by atoms with E-state index in [1.54, 1.807) is 36.4 Å². The fourth-order valence-corrected chi connectivity index (χ4v) is 3.51. The highest BCUT2D eigenvalue weighted by Crippen LogP contribution is 2.36. The molecule has 0 saturated carbocycles. The molecule has 126 valence electrons. The van der Waals surface area contributed by atoms with Crippen LogP contribution in [0.5, 0.6) is 5.75 Å². The van der Waals surface area contributed by atoms with Crippen LogP contribution in [0.1, 0.15) is 5.56 Å². The number of aromatic hydroxyl groups is 1. The van der Waals surface area contributed by atoms with Gasteiger partial charge in [0.05, 0.1) is 0 Å². The lowest BCUT2D eigenvalue weighted by molar-refractivity contribution is 0.463. The molecule has 4 aromatic rings. The summed E-state index contributed by atoms with van der Waals surface area (Å²) in [6.07, 6.45) is 0. The predicted octanol–water partition coefficient (Wildman–Crippen LogP) is 2.83. The molecule has 0 radical (unpaired) electrons. The van der Waals surface area contributed by atoms with Gasteiger partial charge in [-0.1, -0.05) is 30.3 Å². The standard InChI is InChI=1S/C17H13N3O4S/c1-10-6-7-13-14(8-10)19-20(18-13)16-15(25(22,23)24)9-11-4-2-3-5-12(11)17(16)21/h2-9,21H,1H3,(H,22,23,24). The molecule has 0 atom stereocenters. The van der Waals surface area contributed by atoms with E-state index in [-0.39, 0.29) is 11.4 Å². The lowest BCUT2D eigenvalue weighted by Gasteiger charge is -2.11. The van der Waals surface area contributed by atoms with Crippen molar-refractivity contribution < 1.29 is 18.1 Å². The largest absolute Gasteiger partial charge is 0.505 e. The molecule has 8 heteroatoms. The van der Waals surface area contributed by atoms with Crippen LogP contribution in [0, 0.1) is 6.92 Å². The maximum Gasteiger partial charge on any atom is 0.296 e. The fourth-order valence-electron chi connectivity index (χ4n) is 2.81. The van der Waals surface area contributed by atoms with Crippen molar-refractivity contribution in [3.05, 3.63) is 54.1 Å². The second-order valence-electron chi connectivity index (χ2n) is 5.75. The molecule has 0 aliphatic carbocycles. The van der Waals surface area contributed by atoms with Crippen LogP contribution in [0.4, 0.5) is 0 Å². The molecule has 0 fully saturated rings. The molecule has 0 unspecified atom stereocenters. The van der Waals surface area contributed by atoms with Crippen LogP contribution in [0.3, 0.4) is 0 Å². The Morgan fingerprint density at radius 3 is 2.48 bits per heavy atom. The van der Waals surface area contributed by atoms with Gasteiger partial charge in [-0.15, -0.1) is 15.0 Å². The van der Waals surface area contributed by atoms with E-state index >= 15 is 0 Å². The molecule has 0 aliphatic heterocycles. The summed E-state index contributed by atoms with van der Waals surface area (Å²) < 4.78 is 33.4. The third kappa shape index (κ3) is 2.51. The predicted molar refractivity (Wildman–Crippen MR) is 92.6 cm³/mol. The Morgan fingerprint density at radius 2 is 1.72 bits per heavy atom. The summed E-state index contributed by atoms with van der Waals surface area (Å²) in [7, 11) is -4.60. The summed E-state index contributed by atoms with van der Waals surface area (Å²) in [5.74, 6) is -0.317. The lowest BCUT2D eigenvalue weighted by atomic mass is 10.1. The number of benzene rings is 3. The molecule has 2 N–H and O–H groups in total. The molecule has 7 nitrogen and oxygen atoms in total. The Bertz CT molecular complexity index is 1250. The second kappa shape index (κ2) is 5.27. The SMILES string of the molecule is Cc1ccc2nn(-c3c(S(=O)(=O)O)cc4ccccc4c3O)nc2c1. The smallest absolute Gasteiger partial charge is 0.296 e. The number of rotatable bonds is 2. The highest BCUT2D eigenvalue weighted by Gasteiger charge is 2.24. The van der Waals surface area contributed by atoms with Gasteiger partial charge in [-0.25, -0.2) is 0 Å². The lowest BCUT2D eigenvalue weighted by Crippen LogP contribution is -2.09. The van der Waals surface area contributed by atoms with Crippen LogP contribution in [0.2, 0.25) is 0 Å². The van der Waals surface area contributed by atoms with Crippen LogP contribution in [-0.2, 0) is 10.1 Å². The van der Waals surface area contributed by atoms with Gasteiger partial charge in [-0.3, -0.25) is 4.55 Å². The summed E-state index contributed by atoms with van der Waals surface area (Å²) in [5, 5.41) is 20.1. The maximum atomic E-state index is 11.9. The molecule has 0 amide bonds. The Hall–Kier alpha value is -2.97. The van der Waals surface area contributed by atoms with Gasteiger partial charge in [0.25, 0.3) is 10.1 Å². The monoisotopic (exact) mass is 355 g/mol. The van der Waals surface area contributed by atoms with Crippen molar-refractivity contribution in [2.75, 3.05) is 0 Å². The van der Waals surface area contributed by atoms with Crippen LogP contribution >= 0.6 is 0 Å². The maximum absolute atomic E-state index is 11.9. The first-order valence-electron chi connectivity index (χ1n) is 7.41. The summed E-state index contributed by atoms with van der Waals surface area (Å²) >= 11 is 0. The number of phenolic OH excluding ortho intramolecular Hbond substituents is 1. The highest BCUT2D eigenvalue weighted by molar-refractivity contribution is 7.86. The molecule has 4 rings (SSSR count). The molecule has 0 bridgehead atoms. The van der Waals surface area contributed by atoms with E-state index in [2.05, 4.69) is 10.2 Å². The van der Waals surface area contributed by atoms with E-state index in [9.17, 15) is 18.1 Å². The second-order valence-corrected chi connectivity index (χ2v) is 7.14. The van der Waals surface area contributed by atoms with E-state index < -0.39 is 15.0 Å². The van der Waals surface area contributed by atoms with Crippen molar-refractivity contribution >= 4 is 31.9 Å². The van der Waals surface area contributed by atoms with Crippen molar-refractivity contribution in [3.63, 3.8) is 0 Å². The molecule has 1 heterocycles. The van der Waals surface area contributed by atoms with Crippen molar-refractivity contribution in [1.82, 2.24) is 15.0 Å². The summed E-state index contributed by atoms with van der Waals surface area (Å²) in [4.78, 5) is 0.579. The Morgan fingerprint density at radius 1 is 1.00 bits per heavy atom. The van der Waals surface area contributed by atoms with Crippen molar-refractivity contribution in [3.8, 4) is 11.4 Å². The topological polar surface area (TPSA) is 105 Å². The van der Waals surface area contributed by atoms with Gasteiger partial charge in [0.15, 0.2) is 5.75 Å².